The summed E-state index contributed by atoms with van der Waals surface area (Å²) in [5.41, 5.74) is 0.346. The van der Waals surface area contributed by atoms with Gasteiger partial charge in [0.05, 0.1) is 0 Å². The largest absolute Gasteiger partial charge is 0.317 e. The maximum atomic E-state index is 3.36. The van der Waals surface area contributed by atoms with Crippen molar-refractivity contribution in [2.45, 2.75) is 53.5 Å². The van der Waals surface area contributed by atoms with E-state index in [1.54, 1.807) is 0 Å². The Morgan fingerprint density at radius 3 is 2.27 bits per heavy atom. The first-order valence-corrected chi connectivity index (χ1v) is 6.37. The lowest BCUT2D eigenvalue weighted by atomic mass is 9.85. The molecule has 1 unspecified atom stereocenters. The monoisotopic (exact) mass is 214 g/mol. The van der Waals surface area contributed by atoms with Crippen LogP contribution in [0.4, 0.5) is 0 Å². The maximum Gasteiger partial charge on any atom is 0.00991 e. The van der Waals surface area contributed by atoms with Crippen LogP contribution < -0.4 is 5.32 Å². The number of hydrogen-bond acceptors (Lipinski definition) is 2. The van der Waals surface area contributed by atoms with Gasteiger partial charge in [0.25, 0.3) is 0 Å². The molecule has 0 aliphatic rings. The predicted molar refractivity (Wildman–Crippen MR) is 69.3 cm³/mol. The van der Waals surface area contributed by atoms with E-state index >= 15 is 0 Å². The van der Waals surface area contributed by atoms with Crippen LogP contribution in [0.5, 0.6) is 0 Å². The van der Waals surface area contributed by atoms with E-state index in [2.05, 4.69) is 51.9 Å². The van der Waals surface area contributed by atoms with Crippen molar-refractivity contribution in [3.8, 4) is 0 Å². The third kappa shape index (κ3) is 5.53. The zero-order valence-electron chi connectivity index (χ0n) is 11.6. The van der Waals surface area contributed by atoms with Crippen LogP contribution in [-0.4, -0.2) is 37.6 Å². The Hall–Kier alpha value is -0.0800. The van der Waals surface area contributed by atoms with Gasteiger partial charge in [0.1, 0.15) is 0 Å². The highest BCUT2D eigenvalue weighted by atomic mass is 15.1. The molecule has 2 nitrogen and oxygen atoms in total. The molecule has 92 valence electrons. The van der Waals surface area contributed by atoms with E-state index in [0.717, 1.165) is 0 Å². The normalized spacial score (nSPS) is 14.6. The number of nitrogens with zero attached hydrogens (tertiary/aromatic N) is 1. The molecule has 0 fully saturated rings. The van der Waals surface area contributed by atoms with Gasteiger partial charge in [-0.05, 0) is 38.9 Å². The SMILES string of the molecule is CCCCN(CC)CC(C)(C)C(C)NC. The summed E-state index contributed by atoms with van der Waals surface area (Å²) in [6.45, 7) is 15.1. The van der Waals surface area contributed by atoms with Crippen LogP contribution in [0.2, 0.25) is 0 Å². The Morgan fingerprint density at radius 2 is 1.87 bits per heavy atom. The summed E-state index contributed by atoms with van der Waals surface area (Å²) >= 11 is 0. The van der Waals surface area contributed by atoms with E-state index in [1.165, 1.54) is 32.5 Å². The summed E-state index contributed by atoms with van der Waals surface area (Å²) in [7, 11) is 2.05. The molecule has 0 aliphatic carbocycles. The molecule has 15 heavy (non-hydrogen) atoms. The highest BCUT2D eigenvalue weighted by Gasteiger charge is 2.26. The summed E-state index contributed by atoms with van der Waals surface area (Å²) in [5.74, 6) is 0. The lowest BCUT2D eigenvalue weighted by Crippen LogP contribution is -2.45. The van der Waals surface area contributed by atoms with Crippen molar-refractivity contribution < 1.29 is 0 Å². The van der Waals surface area contributed by atoms with Gasteiger partial charge in [-0.3, -0.25) is 0 Å². The maximum absolute atomic E-state index is 3.36. The molecule has 0 aromatic heterocycles. The first kappa shape index (κ1) is 14.9. The Morgan fingerprint density at radius 1 is 1.27 bits per heavy atom. The molecule has 1 atom stereocenters. The molecule has 0 aliphatic heterocycles. The van der Waals surface area contributed by atoms with Crippen LogP contribution >= 0.6 is 0 Å². The van der Waals surface area contributed by atoms with Gasteiger partial charge in [-0.1, -0.05) is 34.1 Å². The number of unbranched alkanes of at least 4 members (excludes halogenated alkanes) is 1. The summed E-state index contributed by atoms with van der Waals surface area (Å²) < 4.78 is 0. The summed E-state index contributed by atoms with van der Waals surface area (Å²) in [6, 6.07) is 0.563. The van der Waals surface area contributed by atoms with Crippen LogP contribution in [0.25, 0.3) is 0 Å². The van der Waals surface area contributed by atoms with Gasteiger partial charge in [0.2, 0.25) is 0 Å². The van der Waals surface area contributed by atoms with Crippen molar-refractivity contribution in [2.24, 2.45) is 5.41 Å². The fourth-order valence-electron chi connectivity index (χ4n) is 1.83. The van der Waals surface area contributed by atoms with E-state index in [0.29, 0.717) is 11.5 Å². The first-order valence-electron chi connectivity index (χ1n) is 6.37. The van der Waals surface area contributed by atoms with Gasteiger partial charge in [-0.15, -0.1) is 0 Å². The summed E-state index contributed by atoms with van der Waals surface area (Å²) in [4.78, 5) is 2.57. The highest BCUT2D eigenvalue weighted by molar-refractivity contribution is 4.82. The lowest BCUT2D eigenvalue weighted by molar-refractivity contribution is 0.149. The molecule has 0 spiro atoms. The zero-order valence-corrected chi connectivity index (χ0v) is 11.6. The van der Waals surface area contributed by atoms with Gasteiger partial charge < -0.3 is 10.2 Å². The topological polar surface area (TPSA) is 15.3 Å². The van der Waals surface area contributed by atoms with E-state index in [4.69, 9.17) is 0 Å². The second kappa shape index (κ2) is 7.24. The minimum atomic E-state index is 0.346. The van der Waals surface area contributed by atoms with Crippen LogP contribution in [0.3, 0.4) is 0 Å². The molecule has 0 rings (SSSR count). The highest BCUT2D eigenvalue weighted by Crippen LogP contribution is 2.21. The molecule has 0 amide bonds. The van der Waals surface area contributed by atoms with E-state index < -0.39 is 0 Å². The van der Waals surface area contributed by atoms with Crippen molar-refractivity contribution in [1.29, 1.82) is 0 Å². The van der Waals surface area contributed by atoms with Crippen LogP contribution in [-0.2, 0) is 0 Å². The van der Waals surface area contributed by atoms with Crippen LogP contribution in [0, 0.1) is 5.41 Å². The van der Waals surface area contributed by atoms with Crippen molar-refractivity contribution in [2.75, 3.05) is 26.7 Å². The predicted octanol–water partition coefficient (Wildman–Crippen LogP) is 2.74. The number of rotatable bonds is 8. The second-order valence-corrected chi connectivity index (χ2v) is 5.22. The van der Waals surface area contributed by atoms with Gasteiger partial charge in [0, 0.05) is 12.6 Å². The van der Waals surface area contributed by atoms with Gasteiger partial charge >= 0.3 is 0 Å². The molecular formula is C13H30N2. The third-order valence-electron chi connectivity index (χ3n) is 3.51. The average Bonchev–Trinajstić information content (AvgIpc) is 2.22. The lowest BCUT2D eigenvalue weighted by Gasteiger charge is -2.36. The molecule has 0 saturated carbocycles. The van der Waals surface area contributed by atoms with E-state index in [1.807, 2.05) is 0 Å². The molecule has 0 aromatic rings. The van der Waals surface area contributed by atoms with Crippen molar-refractivity contribution in [1.82, 2.24) is 10.2 Å². The molecular weight excluding hydrogens is 184 g/mol. The van der Waals surface area contributed by atoms with E-state index in [9.17, 15) is 0 Å². The van der Waals surface area contributed by atoms with Crippen molar-refractivity contribution >= 4 is 0 Å². The molecule has 0 bridgehead atoms. The molecule has 0 radical (unpaired) electrons. The van der Waals surface area contributed by atoms with Gasteiger partial charge in [0.15, 0.2) is 0 Å². The standard InChI is InChI=1S/C13H30N2/c1-7-9-10-15(8-2)11-13(4,5)12(3)14-6/h12,14H,7-11H2,1-6H3. The third-order valence-corrected chi connectivity index (χ3v) is 3.51. The second-order valence-electron chi connectivity index (χ2n) is 5.22. The first-order chi connectivity index (χ1) is 6.97. The molecule has 0 aromatic carbocycles. The zero-order chi connectivity index (χ0) is 11.9. The van der Waals surface area contributed by atoms with Gasteiger partial charge in [-0.25, -0.2) is 0 Å². The number of nitrogens with one attached hydrogen (secondary N) is 1. The van der Waals surface area contributed by atoms with E-state index in [-0.39, 0.29) is 0 Å². The van der Waals surface area contributed by atoms with Crippen molar-refractivity contribution in [3.05, 3.63) is 0 Å². The number of hydrogen-bond donors (Lipinski definition) is 1. The smallest absolute Gasteiger partial charge is 0.00991 e. The molecule has 1 N–H and O–H groups in total. The fraction of sp³-hybridized carbons (Fsp3) is 1.00. The minimum Gasteiger partial charge on any atom is -0.317 e. The summed E-state index contributed by atoms with van der Waals surface area (Å²) in [5, 5.41) is 3.36. The Kier molecular flexibility index (Phi) is 7.20. The van der Waals surface area contributed by atoms with Crippen LogP contribution in [0.1, 0.15) is 47.5 Å². The van der Waals surface area contributed by atoms with Gasteiger partial charge in [-0.2, -0.15) is 0 Å². The molecule has 2 heteroatoms. The fourth-order valence-corrected chi connectivity index (χ4v) is 1.83. The Balaban J connectivity index is 4.13. The average molecular weight is 214 g/mol. The van der Waals surface area contributed by atoms with Crippen LogP contribution in [0.15, 0.2) is 0 Å². The minimum absolute atomic E-state index is 0.346. The Labute approximate surface area is 96.4 Å². The van der Waals surface area contributed by atoms with Crippen molar-refractivity contribution in [3.63, 3.8) is 0 Å². The molecule has 0 heterocycles. The quantitative estimate of drug-likeness (QED) is 0.668. The Bertz CT molecular complexity index is 155. The summed E-state index contributed by atoms with van der Waals surface area (Å²) in [6.07, 6.45) is 2.61. The molecule has 0 saturated heterocycles.